The van der Waals surface area contributed by atoms with Crippen LogP contribution >= 0.6 is 0 Å². The summed E-state index contributed by atoms with van der Waals surface area (Å²) in [5.74, 6) is -0.977. The lowest BCUT2D eigenvalue weighted by Crippen LogP contribution is -2.62. The molecule has 0 saturated heterocycles. The summed E-state index contributed by atoms with van der Waals surface area (Å²) in [7, 11) is 0. The first-order valence-electron chi connectivity index (χ1n) is 7.04. The number of amides is 2. The highest BCUT2D eigenvalue weighted by Crippen LogP contribution is 2.32. The van der Waals surface area contributed by atoms with E-state index >= 15 is 0 Å². The van der Waals surface area contributed by atoms with Crippen LogP contribution in [0.1, 0.15) is 51.4 Å². The summed E-state index contributed by atoms with van der Waals surface area (Å²) >= 11 is 0. The third-order valence-corrected chi connectivity index (χ3v) is 4.27. The first-order chi connectivity index (χ1) is 9.03. The van der Waals surface area contributed by atoms with Crippen molar-refractivity contribution < 1.29 is 19.8 Å². The van der Waals surface area contributed by atoms with Crippen molar-refractivity contribution in [3.63, 3.8) is 0 Å². The number of urea groups is 1. The Hall–Kier alpha value is -1.30. The Bertz CT molecular complexity index is 355. The number of carbonyl (C=O) groups excluding carboxylic acids is 1. The molecule has 0 aliphatic heterocycles. The van der Waals surface area contributed by atoms with Crippen molar-refractivity contribution in [1.82, 2.24) is 10.6 Å². The van der Waals surface area contributed by atoms with E-state index in [1.807, 2.05) is 0 Å². The quantitative estimate of drug-likeness (QED) is 0.575. The molecule has 19 heavy (non-hydrogen) atoms. The molecule has 6 nitrogen and oxygen atoms in total. The Morgan fingerprint density at radius 2 is 1.74 bits per heavy atom. The van der Waals surface area contributed by atoms with Gasteiger partial charge >= 0.3 is 12.0 Å². The number of carbonyl (C=O) groups is 2. The summed E-state index contributed by atoms with van der Waals surface area (Å²) < 4.78 is 0. The van der Waals surface area contributed by atoms with E-state index in [1.54, 1.807) is 0 Å². The van der Waals surface area contributed by atoms with E-state index in [4.69, 9.17) is 5.11 Å². The molecule has 4 N–H and O–H groups in total. The van der Waals surface area contributed by atoms with Gasteiger partial charge in [0, 0.05) is 0 Å². The smallest absolute Gasteiger partial charge is 0.329 e. The van der Waals surface area contributed by atoms with Crippen molar-refractivity contribution in [2.75, 3.05) is 0 Å². The zero-order chi connectivity index (χ0) is 13.9. The molecule has 0 aromatic rings. The van der Waals surface area contributed by atoms with Crippen molar-refractivity contribution in [2.24, 2.45) is 0 Å². The van der Waals surface area contributed by atoms with Crippen LogP contribution in [-0.2, 0) is 4.79 Å². The van der Waals surface area contributed by atoms with E-state index < -0.39 is 23.6 Å². The maximum atomic E-state index is 11.9. The van der Waals surface area contributed by atoms with Crippen LogP contribution in [0.15, 0.2) is 0 Å². The molecule has 2 aliphatic rings. The van der Waals surface area contributed by atoms with Gasteiger partial charge in [0.25, 0.3) is 0 Å². The highest BCUT2D eigenvalue weighted by Gasteiger charge is 2.46. The third-order valence-electron chi connectivity index (χ3n) is 4.27. The molecular weight excluding hydrogens is 248 g/mol. The van der Waals surface area contributed by atoms with Crippen LogP contribution in [0.3, 0.4) is 0 Å². The van der Waals surface area contributed by atoms with Crippen LogP contribution in [0.4, 0.5) is 4.79 Å². The number of rotatable bonds is 3. The summed E-state index contributed by atoms with van der Waals surface area (Å²) in [5.41, 5.74) is -1.10. The number of nitrogens with one attached hydrogen (secondary N) is 2. The molecular formula is C13H22N2O4. The lowest BCUT2D eigenvalue weighted by molar-refractivity contribution is -0.148. The van der Waals surface area contributed by atoms with Crippen LogP contribution in [0, 0.1) is 0 Å². The SMILES string of the molecule is O=C(NC1CCCCCC1O)NC1(C(=O)O)CCC1. The topological polar surface area (TPSA) is 98.7 Å². The standard InChI is InChI=1S/C13H22N2O4/c16-10-6-3-1-2-5-9(10)14-12(19)15-13(11(17)18)7-4-8-13/h9-10,16H,1-8H2,(H,17,18)(H2,14,15,19). The number of aliphatic hydroxyl groups is 1. The van der Waals surface area contributed by atoms with Crippen LogP contribution in [0.5, 0.6) is 0 Å². The Kier molecular flexibility index (Phi) is 4.29. The largest absolute Gasteiger partial charge is 0.480 e. The fourth-order valence-electron chi connectivity index (χ4n) is 2.80. The van der Waals surface area contributed by atoms with Crippen molar-refractivity contribution in [1.29, 1.82) is 0 Å². The van der Waals surface area contributed by atoms with Gasteiger partial charge < -0.3 is 20.8 Å². The van der Waals surface area contributed by atoms with Crippen LogP contribution in [-0.4, -0.2) is 39.9 Å². The predicted molar refractivity (Wildman–Crippen MR) is 68.8 cm³/mol. The molecule has 6 heteroatoms. The van der Waals surface area contributed by atoms with E-state index in [0.717, 1.165) is 32.1 Å². The van der Waals surface area contributed by atoms with Crippen molar-refractivity contribution in [3.8, 4) is 0 Å². The second-order valence-electron chi connectivity index (χ2n) is 5.65. The maximum absolute atomic E-state index is 11.9. The van der Waals surface area contributed by atoms with Gasteiger partial charge in [-0.3, -0.25) is 0 Å². The maximum Gasteiger partial charge on any atom is 0.329 e. The summed E-state index contributed by atoms with van der Waals surface area (Å²) in [5, 5.41) is 24.3. The molecule has 0 aromatic carbocycles. The number of aliphatic carboxylic acids is 1. The minimum Gasteiger partial charge on any atom is -0.480 e. The fraction of sp³-hybridized carbons (Fsp3) is 0.846. The van der Waals surface area contributed by atoms with Crippen LogP contribution < -0.4 is 10.6 Å². The van der Waals surface area contributed by atoms with Gasteiger partial charge in [-0.05, 0) is 32.1 Å². The summed E-state index contributed by atoms with van der Waals surface area (Å²) in [6.45, 7) is 0. The third kappa shape index (κ3) is 3.18. The normalized spacial score (nSPS) is 29.7. The fourth-order valence-corrected chi connectivity index (χ4v) is 2.80. The Labute approximate surface area is 112 Å². The number of carboxylic acids is 1. The van der Waals surface area contributed by atoms with Crippen molar-refractivity contribution >= 4 is 12.0 Å². The molecule has 2 fully saturated rings. The molecule has 108 valence electrons. The number of aliphatic hydroxyl groups excluding tert-OH is 1. The highest BCUT2D eigenvalue weighted by atomic mass is 16.4. The van der Waals surface area contributed by atoms with Crippen LogP contribution in [0.25, 0.3) is 0 Å². The van der Waals surface area contributed by atoms with Gasteiger partial charge in [-0.25, -0.2) is 9.59 Å². The summed E-state index contributed by atoms with van der Waals surface area (Å²) in [6, 6.07) is -0.749. The van der Waals surface area contributed by atoms with E-state index in [9.17, 15) is 14.7 Å². The van der Waals surface area contributed by atoms with E-state index in [-0.39, 0.29) is 6.04 Å². The number of hydrogen-bond donors (Lipinski definition) is 4. The summed E-state index contributed by atoms with van der Waals surface area (Å²) in [4.78, 5) is 23.0. The Morgan fingerprint density at radius 1 is 1.05 bits per heavy atom. The molecule has 2 saturated carbocycles. The lowest BCUT2D eigenvalue weighted by Gasteiger charge is -2.38. The molecule has 2 atom stereocenters. The molecule has 2 unspecified atom stereocenters. The second-order valence-corrected chi connectivity index (χ2v) is 5.65. The number of carboxylic acid groups (broad SMARTS) is 1. The monoisotopic (exact) mass is 270 g/mol. The van der Waals surface area contributed by atoms with Gasteiger partial charge in [0.05, 0.1) is 12.1 Å². The molecule has 2 aliphatic carbocycles. The van der Waals surface area contributed by atoms with Gasteiger partial charge in [-0.1, -0.05) is 19.3 Å². The van der Waals surface area contributed by atoms with Gasteiger partial charge in [0.15, 0.2) is 0 Å². The second kappa shape index (κ2) is 5.77. The molecule has 0 radical (unpaired) electrons. The Balaban J connectivity index is 1.88. The van der Waals surface area contributed by atoms with Crippen molar-refractivity contribution in [2.45, 2.75) is 69.1 Å². The van der Waals surface area contributed by atoms with E-state index in [0.29, 0.717) is 19.3 Å². The molecule has 0 bridgehead atoms. The summed E-state index contributed by atoms with van der Waals surface area (Å²) in [6.07, 6.45) is 5.69. The molecule has 0 aromatic heterocycles. The molecule has 0 heterocycles. The Morgan fingerprint density at radius 3 is 2.32 bits per heavy atom. The van der Waals surface area contributed by atoms with Gasteiger partial charge in [-0.15, -0.1) is 0 Å². The minimum atomic E-state index is -1.10. The first kappa shape index (κ1) is 14.1. The predicted octanol–water partition coefficient (Wildman–Crippen LogP) is 0.986. The zero-order valence-corrected chi connectivity index (χ0v) is 11.0. The average molecular weight is 270 g/mol. The number of hydrogen-bond acceptors (Lipinski definition) is 3. The van der Waals surface area contributed by atoms with E-state index in [1.165, 1.54) is 0 Å². The van der Waals surface area contributed by atoms with Gasteiger partial charge in [0.1, 0.15) is 5.54 Å². The first-order valence-corrected chi connectivity index (χ1v) is 7.04. The zero-order valence-electron chi connectivity index (χ0n) is 11.0. The lowest BCUT2D eigenvalue weighted by atomic mass is 9.77. The minimum absolute atomic E-state index is 0.270. The molecule has 2 rings (SSSR count). The molecule has 2 amide bonds. The van der Waals surface area contributed by atoms with E-state index in [2.05, 4.69) is 10.6 Å². The van der Waals surface area contributed by atoms with Crippen molar-refractivity contribution in [3.05, 3.63) is 0 Å². The average Bonchev–Trinajstić information content (AvgIpc) is 2.49. The van der Waals surface area contributed by atoms with Gasteiger partial charge in [0.2, 0.25) is 0 Å². The van der Waals surface area contributed by atoms with Gasteiger partial charge in [-0.2, -0.15) is 0 Å². The molecule has 0 spiro atoms. The highest BCUT2D eigenvalue weighted by molar-refractivity contribution is 5.87. The van der Waals surface area contributed by atoms with Crippen LogP contribution in [0.2, 0.25) is 0 Å².